The standard InChI is InChI=1S/C17H23N/c1-4-14-11-17(13-18-3,12-15(14)5-2)16-9-7-6-8-10-16/h4,6-10,18H,1,5,11-13H2,2-3H3. The molecule has 0 saturated carbocycles. The molecule has 0 bridgehead atoms. The fourth-order valence-corrected chi connectivity index (χ4v) is 3.20. The summed E-state index contributed by atoms with van der Waals surface area (Å²) in [6.07, 6.45) is 5.47. The van der Waals surface area contributed by atoms with Gasteiger partial charge in [0.15, 0.2) is 0 Å². The topological polar surface area (TPSA) is 12.0 Å². The smallest absolute Gasteiger partial charge is 0.0155 e. The predicted octanol–water partition coefficient (Wildman–Crippen LogP) is 3.83. The lowest BCUT2D eigenvalue weighted by molar-refractivity contribution is 0.426. The summed E-state index contributed by atoms with van der Waals surface area (Å²) in [6, 6.07) is 10.9. The van der Waals surface area contributed by atoms with Crippen molar-refractivity contribution >= 4 is 0 Å². The van der Waals surface area contributed by atoms with E-state index in [4.69, 9.17) is 0 Å². The molecule has 96 valence electrons. The number of allylic oxidation sites excluding steroid dienone is 3. The first kappa shape index (κ1) is 13.1. The van der Waals surface area contributed by atoms with Crippen LogP contribution in [0, 0.1) is 0 Å². The van der Waals surface area contributed by atoms with E-state index in [1.807, 2.05) is 7.05 Å². The lowest BCUT2D eigenvalue weighted by Crippen LogP contribution is -2.35. The van der Waals surface area contributed by atoms with Gasteiger partial charge in [0.1, 0.15) is 0 Å². The summed E-state index contributed by atoms with van der Waals surface area (Å²) in [5.74, 6) is 0. The van der Waals surface area contributed by atoms with E-state index < -0.39 is 0 Å². The van der Waals surface area contributed by atoms with Crippen LogP contribution < -0.4 is 5.32 Å². The monoisotopic (exact) mass is 241 g/mol. The minimum absolute atomic E-state index is 0.227. The summed E-state index contributed by atoms with van der Waals surface area (Å²) < 4.78 is 0. The van der Waals surface area contributed by atoms with Gasteiger partial charge >= 0.3 is 0 Å². The first-order valence-electron chi connectivity index (χ1n) is 6.79. The third kappa shape index (κ3) is 2.28. The van der Waals surface area contributed by atoms with Crippen LogP contribution in [0.25, 0.3) is 0 Å². The van der Waals surface area contributed by atoms with E-state index in [0.29, 0.717) is 0 Å². The van der Waals surface area contributed by atoms with E-state index in [1.54, 1.807) is 5.57 Å². The van der Waals surface area contributed by atoms with Gasteiger partial charge in [0.25, 0.3) is 0 Å². The molecule has 1 aromatic rings. The maximum atomic E-state index is 3.98. The van der Waals surface area contributed by atoms with Gasteiger partial charge in [-0.25, -0.2) is 0 Å². The van der Waals surface area contributed by atoms with Crippen LogP contribution in [0.3, 0.4) is 0 Å². The molecule has 1 N–H and O–H groups in total. The zero-order valence-corrected chi connectivity index (χ0v) is 11.5. The molecule has 0 spiro atoms. The molecule has 1 aromatic carbocycles. The van der Waals surface area contributed by atoms with E-state index in [2.05, 4.69) is 55.2 Å². The number of hydrogen-bond donors (Lipinski definition) is 1. The van der Waals surface area contributed by atoms with Gasteiger partial charge in [0, 0.05) is 12.0 Å². The van der Waals surface area contributed by atoms with Gasteiger partial charge in [0.05, 0.1) is 0 Å². The molecule has 1 unspecified atom stereocenters. The van der Waals surface area contributed by atoms with E-state index in [9.17, 15) is 0 Å². The van der Waals surface area contributed by atoms with Crippen molar-refractivity contribution in [3.05, 3.63) is 59.7 Å². The SMILES string of the molecule is C=CC1=C(CC)CC(CNC)(c2ccccc2)C1. The average Bonchev–Trinajstić information content (AvgIpc) is 2.79. The zero-order valence-electron chi connectivity index (χ0n) is 11.5. The molecule has 0 amide bonds. The largest absolute Gasteiger partial charge is 0.319 e. The Balaban J connectivity index is 2.35. The highest BCUT2D eigenvalue weighted by Gasteiger charge is 2.38. The Morgan fingerprint density at radius 3 is 2.50 bits per heavy atom. The summed E-state index contributed by atoms with van der Waals surface area (Å²) >= 11 is 0. The molecule has 0 fully saturated rings. The lowest BCUT2D eigenvalue weighted by Gasteiger charge is -2.30. The molecule has 2 rings (SSSR count). The number of hydrogen-bond acceptors (Lipinski definition) is 1. The quantitative estimate of drug-likeness (QED) is 0.826. The first-order valence-corrected chi connectivity index (χ1v) is 6.79. The zero-order chi connectivity index (χ0) is 13.0. The van der Waals surface area contributed by atoms with Crippen molar-refractivity contribution in [1.29, 1.82) is 0 Å². The van der Waals surface area contributed by atoms with Gasteiger partial charge in [0.2, 0.25) is 0 Å². The lowest BCUT2D eigenvalue weighted by atomic mass is 9.76. The highest BCUT2D eigenvalue weighted by Crippen LogP contribution is 2.45. The second-order valence-corrected chi connectivity index (χ2v) is 5.22. The molecule has 0 radical (unpaired) electrons. The molecular weight excluding hydrogens is 218 g/mol. The highest BCUT2D eigenvalue weighted by atomic mass is 14.8. The van der Waals surface area contributed by atoms with E-state index in [1.165, 1.54) is 11.1 Å². The van der Waals surface area contributed by atoms with Gasteiger partial charge in [-0.2, -0.15) is 0 Å². The Hall–Kier alpha value is -1.34. The van der Waals surface area contributed by atoms with Crippen molar-refractivity contribution in [3.63, 3.8) is 0 Å². The van der Waals surface area contributed by atoms with Crippen LogP contribution in [0.1, 0.15) is 31.7 Å². The van der Waals surface area contributed by atoms with Crippen LogP contribution in [0.4, 0.5) is 0 Å². The van der Waals surface area contributed by atoms with Gasteiger partial charge in [-0.15, -0.1) is 0 Å². The normalized spacial score (nSPS) is 23.4. The van der Waals surface area contributed by atoms with E-state index in [0.717, 1.165) is 25.8 Å². The number of benzene rings is 1. The number of nitrogens with one attached hydrogen (secondary N) is 1. The van der Waals surface area contributed by atoms with Crippen molar-refractivity contribution in [3.8, 4) is 0 Å². The van der Waals surface area contributed by atoms with Gasteiger partial charge < -0.3 is 5.32 Å². The van der Waals surface area contributed by atoms with Gasteiger partial charge in [-0.05, 0) is 37.4 Å². The first-order chi connectivity index (χ1) is 8.75. The summed E-state index contributed by atoms with van der Waals surface area (Å²) in [5.41, 5.74) is 4.70. The van der Waals surface area contributed by atoms with Crippen LogP contribution in [0.2, 0.25) is 0 Å². The van der Waals surface area contributed by atoms with Crippen LogP contribution in [-0.2, 0) is 5.41 Å². The Morgan fingerprint density at radius 1 is 1.28 bits per heavy atom. The molecule has 1 heteroatoms. The summed E-state index contributed by atoms with van der Waals surface area (Å²) in [5, 5.41) is 3.38. The third-order valence-corrected chi connectivity index (χ3v) is 4.11. The molecule has 1 atom stereocenters. The van der Waals surface area contributed by atoms with Crippen LogP contribution in [0.5, 0.6) is 0 Å². The van der Waals surface area contributed by atoms with Crippen molar-refractivity contribution in [2.45, 2.75) is 31.6 Å². The predicted molar refractivity (Wildman–Crippen MR) is 78.8 cm³/mol. The third-order valence-electron chi connectivity index (χ3n) is 4.11. The molecule has 18 heavy (non-hydrogen) atoms. The van der Waals surface area contributed by atoms with Crippen LogP contribution in [-0.4, -0.2) is 13.6 Å². The maximum Gasteiger partial charge on any atom is 0.0155 e. The second-order valence-electron chi connectivity index (χ2n) is 5.22. The highest BCUT2D eigenvalue weighted by molar-refractivity contribution is 5.41. The van der Waals surface area contributed by atoms with Crippen molar-refractivity contribution in [2.24, 2.45) is 0 Å². The Bertz CT molecular complexity index is 444. The molecule has 0 aliphatic heterocycles. The van der Waals surface area contributed by atoms with Gasteiger partial charge in [-0.3, -0.25) is 0 Å². The van der Waals surface area contributed by atoms with Crippen molar-refractivity contribution < 1.29 is 0 Å². The Labute approximate surface area is 111 Å². The fourth-order valence-electron chi connectivity index (χ4n) is 3.20. The molecular formula is C17H23N. The molecule has 0 saturated heterocycles. The Morgan fingerprint density at radius 2 is 2.00 bits per heavy atom. The molecule has 0 aromatic heterocycles. The average molecular weight is 241 g/mol. The van der Waals surface area contributed by atoms with Crippen molar-refractivity contribution in [1.82, 2.24) is 5.32 Å². The summed E-state index contributed by atoms with van der Waals surface area (Å²) in [7, 11) is 2.04. The number of rotatable bonds is 5. The Kier molecular flexibility index (Phi) is 4.03. The summed E-state index contributed by atoms with van der Waals surface area (Å²) in [4.78, 5) is 0. The maximum absolute atomic E-state index is 3.98. The minimum Gasteiger partial charge on any atom is -0.319 e. The van der Waals surface area contributed by atoms with Crippen LogP contribution in [0.15, 0.2) is 54.1 Å². The molecule has 1 nitrogen and oxygen atoms in total. The minimum atomic E-state index is 0.227. The van der Waals surface area contributed by atoms with E-state index >= 15 is 0 Å². The van der Waals surface area contributed by atoms with E-state index in [-0.39, 0.29) is 5.41 Å². The van der Waals surface area contributed by atoms with Crippen LogP contribution >= 0.6 is 0 Å². The fraction of sp³-hybridized carbons (Fsp3) is 0.412. The number of likely N-dealkylation sites (N-methyl/N-ethyl adjacent to an activating group) is 1. The van der Waals surface area contributed by atoms with Crippen molar-refractivity contribution in [2.75, 3.05) is 13.6 Å². The van der Waals surface area contributed by atoms with Gasteiger partial charge in [-0.1, -0.05) is 55.5 Å². The molecule has 1 aliphatic carbocycles. The molecule has 0 heterocycles. The summed E-state index contributed by atoms with van der Waals surface area (Å²) in [6.45, 7) is 7.26. The second kappa shape index (κ2) is 5.53. The molecule has 1 aliphatic rings.